The Morgan fingerprint density at radius 3 is 1.45 bits per heavy atom. The van der Waals surface area contributed by atoms with Crippen LogP contribution in [0, 0.1) is 13.8 Å². The van der Waals surface area contributed by atoms with Crippen molar-refractivity contribution in [3.8, 4) is 0 Å². The molecule has 0 heterocycles. The summed E-state index contributed by atoms with van der Waals surface area (Å²) in [5.74, 6) is 0. The van der Waals surface area contributed by atoms with Gasteiger partial charge < -0.3 is 0 Å². The van der Waals surface area contributed by atoms with Crippen LogP contribution in [0.5, 0.6) is 0 Å². The van der Waals surface area contributed by atoms with Crippen molar-refractivity contribution in [3.05, 3.63) is 35.4 Å². The van der Waals surface area contributed by atoms with Gasteiger partial charge in [0.2, 0.25) is 0 Å². The number of hydrogen-bond donors (Lipinski definition) is 0. The van der Waals surface area contributed by atoms with Crippen LogP contribution in [-0.4, -0.2) is 0 Å². The van der Waals surface area contributed by atoms with Gasteiger partial charge in [0, 0.05) is 0 Å². The summed E-state index contributed by atoms with van der Waals surface area (Å²) in [6.07, 6.45) is 0. The monoisotopic (exact) mass is 152 g/mol. The largest absolute Gasteiger partial charge is 0.0776 e. The van der Waals surface area contributed by atoms with Gasteiger partial charge >= 0.3 is 0 Å². The van der Waals surface area contributed by atoms with Crippen LogP contribution < -0.4 is 0 Å². The molecular formula is C11H20. The van der Waals surface area contributed by atoms with Crippen LogP contribution >= 0.6 is 0 Å². The summed E-state index contributed by atoms with van der Waals surface area (Å²) in [7, 11) is 0. The van der Waals surface area contributed by atoms with E-state index in [-0.39, 0.29) is 7.43 Å². The fraction of sp³-hybridized carbons (Fsp3) is 0.455. The van der Waals surface area contributed by atoms with E-state index in [0.717, 1.165) is 0 Å². The molecule has 1 aromatic carbocycles. The van der Waals surface area contributed by atoms with Gasteiger partial charge in [0.1, 0.15) is 0 Å². The first kappa shape index (κ1) is 12.9. The van der Waals surface area contributed by atoms with E-state index in [0.29, 0.717) is 0 Å². The molecule has 0 aliphatic carbocycles. The van der Waals surface area contributed by atoms with Crippen LogP contribution in [0.15, 0.2) is 24.3 Å². The van der Waals surface area contributed by atoms with Crippen molar-refractivity contribution in [2.45, 2.75) is 35.1 Å². The summed E-state index contributed by atoms with van der Waals surface area (Å²) in [6, 6.07) is 8.45. The molecule has 0 aliphatic heterocycles. The Bertz CT molecular complexity index is 160. The third-order valence-electron chi connectivity index (χ3n) is 1.17. The summed E-state index contributed by atoms with van der Waals surface area (Å²) in [4.78, 5) is 0. The highest BCUT2D eigenvalue weighted by atomic mass is 13.9. The van der Waals surface area contributed by atoms with Crippen LogP contribution in [0.25, 0.3) is 0 Å². The molecule has 0 saturated carbocycles. The Morgan fingerprint density at radius 2 is 1.27 bits per heavy atom. The third kappa shape index (κ3) is 5.65. The second kappa shape index (κ2) is 7.33. The normalized spacial score (nSPS) is 7.27. The predicted octanol–water partition coefficient (Wildman–Crippen LogP) is 3.97. The Balaban J connectivity index is 0. The van der Waals surface area contributed by atoms with Crippen LogP contribution in [0.1, 0.15) is 32.4 Å². The SMILES string of the molecule is C.CC.Cc1cccc(C)c1. The molecule has 0 saturated heterocycles. The quantitative estimate of drug-likeness (QED) is 0.527. The van der Waals surface area contributed by atoms with Crippen LogP contribution in [0.3, 0.4) is 0 Å². The maximum absolute atomic E-state index is 2.17. The standard InChI is InChI=1S/C8H10.C2H6.CH4/c1-7-4-3-5-8(2)6-7;1-2;/h3-6H,1-2H3;1-2H3;1H4. The molecule has 0 heteroatoms. The van der Waals surface area contributed by atoms with Gasteiger partial charge in [-0.1, -0.05) is 56.7 Å². The van der Waals surface area contributed by atoms with E-state index < -0.39 is 0 Å². The third-order valence-corrected chi connectivity index (χ3v) is 1.17. The number of rotatable bonds is 0. The lowest BCUT2D eigenvalue weighted by atomic mass is 10.2. The highest BCUT2D eigenvalue weighted by molar-refractivity contribution is 5.20. The molecule has 0 spiro atoms. The first-order valence-electron chi connectivity index (χ1n) is 3.82. The maximum atomic E-state index is 2.17. The van der Waals surface area contributed by atoms with Gasteiger partial charge in [-0.15, -0.1) is 0 Å². The highest BCUT2D eigenvalue weighted by Gasteiger charge is 1.80. The lowest BCUT2D eigenvalue weighted by molar-refractivity contribution is 1.39. The van der Waals surface area contributed by atoms with Gasteiger partial charge in [0.25, 0.3) is 0 Å². The topological polar surface area (TPSA) is 0 Å². The minimum Gasteiger partial charge on any atom is -0.0776 e. The Morgan fingerprint density at radius 1 is 0.909 bits per heavy atom. The molecule has 64 valence electrons. The molecule has 1 rings (SSSR count). The Kier molecular flexibility index (Phi) is 8.57. The number of hydrogen-bond acceptors (Lipinski definition) is 0. The molecule has 1 aromatic rings. The van der Waals surface area contributed by atoms with Crippen molar-refractivity contribution in [2.24, 2.45) is 0 Å². The van der Waals surface area contributed by atoms with Crippen molar-refractivity contribution in [3.63, 3.8) is 0 Å². The number of aryl methyl sites for hydroxylation is 2. The zero-order valence-corrected chi connectivity index (χ0v) is 7.31. The van der Waals surface area contributed by atoms with Gasteiger partial charge in [-0.2, -0.15) is 0 Å². The second-order valence-electron chi connectivity index (χ2n) is 2.16. The molecule has 0 radical (unpaired) electrons. The summed E-state index contributed by atoms with van der Waals surface area (Å²) in [5.41, 5.74) is 2.68. The van der Waals surface area contributed by atoms with Crippen LogP contribution in [0.2, 0.25) is 0 Å². The predicted molar refractivity (Wildman–Crippen MR) is 54.0 cm³/mol. The molecule has 0 aromatic heterocycles. The minimum absolute atomic E-state index is 0. The molecule has 0 amide bonds. The molecule has 0 unspecified atom stereocenters. The highest BCUT2D eigenvalue weighted by Crippen LogP contribution is 2.00. The molecule has 0 N–H and O–H groups in total. The molecule has 11 heavy (non-hydrogen) atoms. The molecule has 0 nitrogen and oxygen atoms in total. The smallest absolute Gasteiger partial charge is 0.0398 e. The minimum atomic E-state index is 0. The molecule has 0 atom stereocenters. The summed E-state index contributed by atoms with van der Waals surface area (Å²) < 4.78 is 0. The fourth-order valence-electron chi connectivity index (χ4n) is 0.807. The Labute approximate surface area is 71.3 Å². The summed E-state index contributed by atoms with van der Waals surface area (Å²) in [5, 5.41) is 0. The summed E-state index contributed by atoms with van der Waals surface area (Å²) in [6.45, 7) is 8.21. The average molecular weight is 152 g/mol. The van der Waals surface area contributed by atoms with E-state index in [1.54, 1.807) is 0 Å². The van der Waals surface area contributed by atoms with Gasteiger partial charge in [0.15, 0.2) is 0 Å². The number of benzene rings is 1. The van der Waals surface area contributed by atoms with Crippen molar-refractivity contribution in [2.75, 3.05) is 0 Å². The van der Waals surface area contributed by atoms with E-state index in [1.807, 2.05) is 13.8 Å². The van der Waals surface area contributed by atoms with E-state index in [2.05, 4.69) is 38.1 Å². The fourth-order valence-corrected chi connectivity index (χ4v) is 0.807. The molecular weight excluding hydrogens is 132 g/mol. The van der Waals surface area contributed by atoms with Gasteiger partial charge in [-0.05, 0) is 13.8 Å². The molecule has 0 aliphatic rings. The van der Waals surface area contributed by atoms with E-state index in [9.17, 15) is 0 Å². The molecule has 0 bridgehead atoms. The van der Waals surface area contributed by atoms with Crippen molar-refractivity contribution in [1.29, 1.82) is 0 Å². The first-order chi connectivity index (χ1) is 4.79. The second-order valence-corrected chi connectivity index (χ2v) is 2.16. The first-order valence-corrected chi connectivity index (χ1v) is 3.82. The zero-order chi connectivity index (χ0) is 7.98. The van der Waals surface area contributed by atoms with Crippen molar-refractivity contribution >= 4 is 0 Å². The molecule has 0 fully saturated rings. The Hall–Kier alpha value is -0.780. The van der Waals surface area contributed by atoms with Crippen LogP contribution in [0.4, 0.5) is 0 Å². The maximum Gasteiger partial charge on any atom is -0.0398 e. The van der Waals surface area contributed by atoms with Gasteiger partial charge in [-0.3, -0.25) is 0 Å². The lowest BCUT2D eigenvalue weighted by Gasteiger charge is -1.90. The zero-order valence-electron chi connectivity index (χ0n) is 7.31. The summed E-state index contributed by atoms with van der Waals surface area (Å²) >= 11 is 0. The van der Waals surface area contributed by atoms with Crippen molar-refractivity contribution < 1.29 is 0 Å². The van der Waals surface area contributed by atoms with E-state index in [4.69, 9.17) is 0 Å². The van der Waals surface area contributed by atoms with E-state index >= 15 is 0 Å². The van der Waals surface area contributed by atoms with E-state index in [1.165, 1.54) is 11.1 Å². The van der Waals surface area contributed by atoms with Crippen molar-refractivity contribution in [1.82, 2.24) is 0 Å². The lowest BCUT2D eigenvalue weighted by Crippen LogP contribution is -1.71. The average Bonchev–Trinajstić information content (AvgIpc) is 1.91. The van der Waals surface area contributed by atoms with Crippen LogP contribution in [-0.2, 0) is 0 Å². The van der Waals surface area contributed by atoms with Gasteiger partial charge in [0.05, 0.1) is 0 Å². The van der Waals surface area contributed by atoms with Gasteiger partial charge in [-0.25, -0.2) is 0 Å².